The fourth-order valence-electron chi connectivity index (χ4n) is 12.3. The predicted octanol–water partition coefficient (Wildman–Crippen LogP) is 14.8. The highest BCUT2D eigenvalue weighted by Gasteiger charge is 2.60. The van der Waals surface area contributed by atoms with Crippen LogP contribution in [0.25, 0.3) is 0 Å². The van der Waals surface area contributed by atoms with Gasteiger partial charge in [0.1, 0.15) is 0 Å². The van der Waals surface area contributed by atoms with Crippen molar-refractivity contribution < 1.29 is 4.74 Å². The Morgan fingerprint density at radius 1 is 0.565 bits per heavy atom. The van der Waals surface area contributed by atoms with Crippen LogP contribution in [0.1, 0.15) is 221 Å². The van der Waals surface area contributed by atoms with Crippen molar-refractivity contribution in [3.63, 3.8) is 0 Å². The first-order chi connectivity index (χ1) is 22.3. The van der Waals surface area contributed by atoms with Gasteiger partial charge in [-0.25, -0.2) is 0 Å². The molecule has 46 heavy (non-hydrogen) atoms. The van der Waals surface area contributed by atoms with Crippen molar-refractivity contribution in [1.82, 2.24) is 0 Å². The highest BCUT2D eigenvalue weighted by atomic mass is 16.5. The fourth-order valence-corrected chi connectivity index (χ4v) is 12.3. The van der Waals surface area contributed by atoms with Gasteiger partial charge >= 0.3 is 0 Å². The first-order valence-corrected chi connectivity index (χ1v) is 21.9. The maximum Gasteiger partial charge on any atom is 0.0578 e. The molecular weight excluding hydrogens is 556 g/mol. The maximum atomic E-state index is 6.60. The Balaban J connectivity index is 1.05. The lowest BCUT2D eigenvalue weighted by molar-refractivity contribution is -0.136. The van der Waals surface area contributed by atoms with Crippen molar-refractivity contribution in [2.24, 2.45) is 52.3 Å². The number of rotatable bonds is 23. The van der Waals surface area contributed by atoms with Crippen LogP contribution in [0, 0.1) is 52.3 Å². The highest BCUT2D eigenvalue weighted by molar-refractivity contribution is 5.09. The topological polar surface area (TPSA) is 9.23 Å². The highest BCUT2D eigenvalue weighted by Crippen LogP contribution is 2.68. The molecule has 1 heteroatoms. The van der Waals surface area contributed by atoms with Gasteiger partial charge in [-0.2, -0.15) is 0 Å². The summed E-state index contributed by atoms with van der Waals surface area (Å²) in [6.45, 7) is 16.3. The summed E-state index contributed by atoms with van der Waals surface area (Å²) < 4.78 is 6.60. The Morgan fingerprint density at radius 2 is 1.13 bits per heavy atom. The van der Waals surface area contributed by atoms with Crippen molar-refractivity contribution in [3.05, 3.63) is 0 Å². The largest absolute Gasteiger partial charge is 0.378 e. The van der Waals surface area contributed by atoms with Gasteiger partial charge in [0.05, 0.1) is 6.10 Å². The lowest BCUT2D eigenvalue weighted by Gasteiger charge is -2.61. The number of hydrogen-bond donors (Lipinski definition) is 0. The third-order valence-corrected chi connectivity index (χ3v) is 15.2. The molecule has 270 valence electrons. The van der Waals surface area contributed by atoms with Crippen molar-refractivity contribution >= 4 is 0 Å². The zero-order chi connectivity index (χ0) is 32.8. The third-order valence-electron chi connectivity index (χ3n) is 15.2. The third kappa shape index (κ3) is 10.7. The summed E-state index contributed by atoms with van der Waals surface area (Å²) in [5, 5.41) is 0. The van der Waals surface area contributed by atoms with E-state index in [1.165, 1.54) is 173 Å². The molecule has 0 bridgehead atoms. The SMILES string of the molecule is CCCCCCCCCCCCCCCCCCO[C@H]1CC[C@@]2(C)[C@@H](CC[C@@H]3[C@@H]2CC[C@]2(C)[C@@H]([C@H](C)CCCC(C)C)CC[C@@H]32)C1. The molecule has 0 saturated heterocycles. The van der Waals surface area contributed by atoms with E-state index in [0.29, 0.717) is 16.9 Å². The Kier molecular flexibility index (Phi) is 16.8. The first kappa shape index (κ1) is 38.8. The van der Waals surface area contributed by atoms with Crippen LogP contribution in [-0.2, 0) is 4.74 Å². The smallest absolute Gasteiger partial charge is 0.0578 e. The van der Waals surface area contributed by atoms with Crippen LogP contribution in [-0.4, -0.2) is 12.7 Å². The summed E-state index contributed by atoms with van der Waals surface area (Å²) in [5.74, 6) is 6.75. The molecule has 4 rings (SSSR count). The van der Waals surface area contributed by atoms with Crippen LogP contribution in [0.3, 0.4) is 0 Å². The minimum absolute atomic E-state index is 0.558. The lowest BCUT2D eigenvalue weighted by atomic mass is 9.44. The molecule has 4 fully saturated rings. The fraction of sp³-hybridized carbons (Fsp3) is 1.00. The van der Waals surface area contributed by atoms with Gasteiger partial charge in [-0.3, -0.25) is 0 Å². The van der Waals surface area contributed by atoms with Crippen molar-refractivity contribution in [2.45, 2.75) is 227 Å². The monoisotopic (exact) mass is 641 g/mol. The molecule has 0 N–H and O–H groups in total. The molecule has 4 saturated carbocycles. The summed E-state index contributed by atoms with van der Waals surface area (Å²) in [5.41, 5.74) is 1.23. The molecule has 0 radical (unpaired) electrons. The van der Waals surface area contributed by atoms with Crippen LogP contribution in [0.2, 0.25) is 0 Å². The molecule has 1 nitrogen and oxygen atoms in total. The zero-order valence-electron chi connectivity index (χ0n) is 32.5. The van der Waals surface area contributed by atoms with E-state index in [1.807, 2.05) is 0 Å². The average Bonchev–Trinajstić information content (AvgIpc) is 3.39. The second-order valence-electron chi connectivity index (χ2n) is 18.8. The normalized spacial score (nSPS) is 34.8. The molecular formula is C45H84O. The standard InChI is InChI=1S/C45H84O/c1-7-8-9-10-11-12-13-14-15-16-17-18-19-20-21-22-34-46-39-30-32-44(5)38(35-39)26-27-40-42-29-28-41(37(4)25-23-24-36(2)3)45(42,6)33-31-43(40)44/h36-43H,7-35H2,1-6H3/t37-,38+,39+,40+,41-,42+,43+,44+,45-/m1/s1. The van der Waals surface area contributed by atoms with Crippen LogP contribution in [0.5, 0.6) is 0 Å². The molecule has 0 aromatic heterocycles. The second kappa shape index (κ2) is 20.0. The summed E-state index contributed by atoms with van der Waals surface area (Å²) in [6, 6.07) is 0. The van der Waals surface area contributed by atoms with E-state index in [4.69, 9.17) is 4.74 Å². The maximum absolute atomic E-state index is 6.60. The Bertz CT molecular complexity index is 803. The lowest BCUT2D eigenvalue weighted by Crippen LogP contribution is -2.54. The van der Waals surface area contributed by atoms with Crippen molar-refractivity contribution in [2.75, 3.05) is 6.61 Å². The quantitative estimate of drug-likeness (QED) is 0.101. The molecule has 0 aromatic carbocycles. The Hall–Kier alpha value is -0.0400. The Morgan fingerprint density at radius 3 is 1.74 bits per heavy atom. The van der Waals surface area contributed by atoms with E-state index in [9.17, 15) is 0 Å². The van der Waals surface area contributed by atoms with Gasteiger partial charge in [0.15, 0.2) is 0 Å². The molecule has 9 atom stereocenters. The van der Waals surface area contributed by atoms with Gasteiger partial charge in [0.25, 0.3) is 0 Å². The van der Waals surface area contributed by atoms with E-state index in [2.05, 4.69) is 41.5 Å². The number of unbranched alkanes of at least 4 members (excludes halogenated alkanes) is 15. The van der Waals surface area contributed by atoms with Crippen molar-refractivity contribution in [3.8, 4) is 0 Å². The minimum Gasteiger partial charge on any atom is -0.378 e. The molecule has 0 aromatic rings. The molecule has 4 aliphatic rings. The summed E-state index contributed by atoms with van der Waals surface area (Å²) in [7, 11) is 0. The van der Waals surface area contributed by atoms with E-state index >= 15 is 0 Å². The molecule has 4 aliphatic carbocycles. The predicted molar refractivity (Wildman–Crippen MR) is 202 cm³/mol. The minimum atomic E-state index is 0.558. The van der Waals surface area contributed by atoms with Crippen LogP contribution in [0.4, 0.5) is 0 Å². The van der Waals surface area contributed by atoms with Crippen LogP contribution >= 0.6 is 0 Å². The number of ether oxygens (including phenoxy) is 1. The van der Waals surface area contributed by atoms with E-state index in [1.54, 1.807) is 6.42 Å². The van der Waals surface area contributed by atoms with Gasteiger partial charge in [-0.15, -0.1) is 0 Å². The molecule has 0 aliphatic heterocycles. The average molecular weight is 641 g/mol. The van der Waals surface area contributed by atoms with Gasteiger partial charge in [0, 0.05) is 6.61 Å². The van der Waals surface area contributed by atoms with Gasteiger partial charge in [-0.1, -0.05) is 157 Å². The summed E-state index contributed by atoms with van der Waals surface area (Å²) in [4.78, 5) is 0. The molecule has 0 heterocycles. The number of hydrogen-bond acceptors (Lipinski definition) is 1. The van der Waals surface area contributed by atoms with E-state index < -0.39 is 0 Å². The Labute approximate surface area is 290 Å². The van der Waals surface area contributed by atoms with Gasteiger partial charge < -0.3 is 4.74 Å². The zero-order valence-corrected chi connectivity index (χ0v) is 32.5. The summed E-state index contributed by atoms with van der Waals surface area (Å²) >= 11 is 0. The van der Waals surface area contributed by atoms with E-state index in [0.717, 1.165) is 48.0 Å². The first-order valence-electron chi connectivity index (χ1n) is 21.9. The molecule has 0 unspecified atom stereocenters. The van der Waals surface area contributed by atoms with Crippen LogP contribution in [0.15, 0.2) is 0 Å². The molecule has 0 spiro atoms. The molecule has 0 amide bonds. The van der Waals surface area contributed by atoms with Gasteiger partial charge in [0.2, 0.25) is 0 Å². The van der Waals surface area contributed by atoms with Crippen LogP contribution < -0.4 is 0 Å². The van der Waals surface area contributed by atoms with Crippen molar-refractivity contribution in [1.29, 1.82) is 0 Å². The second-order valence-corrected chi connectivity index (χ2v) is 18.8. The van der Waals surface area contributed by atoms with Gasteiger partial charge in [-0.05, 0) is 116 Å². The summed E-state index contributed by atoms with van der Waals surface area (Å²) in [6.07, 6.45) is 41.3. The van der Waals surface area contributed by atoms with E-state index in [-0.39, 0.29) is 0 Å². The number of fused-ring (bicyclic) bond motifs is 5.